The zero-order chi connectivity index (χ0) is 23.4. The molecule has 0 saturated carbocycles. The van der Waals surface area contributed by atoms with Crippen LogP contribution >= 0.6 is 50.5 Å². The first-order valence-corrected chi connectivity index (χ1v) is 11.8. The molecule has 0 aliphatic carbocycles. The minimum absolute atomic E-state index is 0.157. The third kappa shape index (κ3) is 5.78. The molecule has 5 nitrogen and oxygen atoms in total. The molecule has 0 spiro atoms. The Morgan fingerprint density at radius 1 is 1.06 bits per heavy atom. The van der Waals surface area contributed by atoms with Crippen molar-refractivity contribution < 1.29 is 9.18 Å². The third-order valence-electron chi connectivity index (χ3n) is 4.43. The van der Waals surface area contributed by atoms with E-state index in [1.165, 1.54) is 29.7 Å². The molecular formula is C23H14BrCl2FN4OS. The molecule has 1 aromatic heterocycles. The zero-order valence-electron chi connectivity index (χ0n) is 16.7. The molecule has 10 heteroatoms. The summed E-state index contributed by atoms with van der Waals surface area (Å²) in [5.74, 6) is -0.772. The van der Waals surface area contributed by atoms with E-state index < -0.39 is 5.82 Å². The Labute approximate surface area is 211 Å². The molecule has 3 aromatic carbocycles. The predicted octanol–water partition coefficient (Wildman–Crippen LogP) is 7.72. The molecular weight excluding hydrogens is 550 g/mol. The van der Waals surface area contributed by atoms with Crippen molar-refractivity contribution in [3.63, 3.8) is 0 Å². The highest BCUT2D eigenvalue weighted by Gasteiger charge is 2.17. The third-order valence-corrected chi connectivity index (χ3v) is 6.42. The van der Waals surface area contributed by atoms with Gasteiger partial charge in [0, 0.05) is 26.2 Å². The van der Waals surface area contributed by atoms with Gasteiger partial charge in [-0.05, 0) is 48.5 Å². The molecule has 4 rings (SSSR count). The minimum atomic E-state index is -0.489. The topological polar surface area (TPSA) is 66.4 Å². The van der Waals surface area contributed by atoms with Crippen LogP contribution < -0.4 is 10.7 Å². The van der Waals surface area contributed by atoms with Crippen LogP contribution in [0.25, 0.3) is 11.3 Å². The number of nitrogens with zero attached hydrogens (tertiary/aromatic N) is 2. The van der Waals surface area contributed by atoms with Crippen LogP contribution in [0.4, 0.5) is 14.5 Å². The summed E-state index contributed by atoms with van der Waals surface area (Å²) in [6.07, 6.45) is 1.28. The van der Waals surface area contributed by atoms with Gasteiger partial charge in [-0.2, -0.15) is 5.10 Å². The van der Waals surface area contributed by atoms with Crippen molar-refractivity contribution in [3.05, 3.63) is 98.2 Å². The molecule has 1 heterocycles. The summed E-state index contributed by atoms with van der Waals surface area (Å²) < 4.78 is 14.8. The summed E-state index contributed by atoms with van der Waals surface area (Å²) in [5, 5.41) is 8.69. The van der Waals surface area contributed by atoms with Crippen LogP contribution in [-0.4, -0.2) is 17.1 Å². The fourth-order valence-corrected chi connectivity index (χ4v) is 4.25. The number of anilines is 2. The fourth-order valence-electron chi connectivity index (χ4n) is 2.82. The van der Waals surface area contributed by atoms with Gasteiger partial charge in [0.2, 0.25) is 5.13 Å². The van der Waals surface area contributed by atoms with E-state index in [-0.39, 0.29) is 16.5 Å². The summed E-state index contributed by atoms with van der Waals surface area (Å²) in [4.78, 5) is 17.3. The molecule has 166 valence electrons. The number of carbonyl (C=O) groups excluding carboxylic acids is 1. The zero-order valence-corrected chi connectivity index (χ0v) is 20.6. The Morgan fingerprint density at radius 3 is 2.48 bits per heavy atom. The molecule has 0 saturated heterocycles. The standard InChI is InChI=1S/C23H14BrCl2FN4OS/c24-15-8-4-14(5-9-15)21(32)30-22-20(13-6-10-16(25)11-7-13)29-23(33-22)31-28-12-17-18(26)2-1-3-19(17)27/h1-12H,(H,29,31)(H,30,32)/b28-12+. The predicted molar refractivity (Wildman–Crippen MR) is 137 cm³/mol. The van der Waals surface area contributed by atoms with Crippen LogP contribution in [0.3, 0.4) is 0 Å². The van der Waals surface area contributed by atoms with Gasteiger partial charge in [-0.25, -0.2) is 9.37 Å². The quantitative estimate of drug-likeness (QED) is 0.186. The number of hydrogen-bond donors (Lipinski definition) is 2. The summed E-state index contributed by atoms with van der Waals surface area (Å²) in [6.45, 7) is 0. The molecule has 0 aliphatic rings. The maximum absolute atomic E-state index is 14.0. The first kappa shape index (κ1) is 23.4. The molecule has 2 N–H and O–H groups in total. The number of aromatic nitrogens is 1. The second kappa shape index (κ2) is 10.4. The normalized spacial score (nSPS) is 11.0. The maximum atomic E-state index is 14.0. The van der Waals surface area contributed by atoms with Crippen LogP contribution in [-0.2, 0) is 0 Å². The van der Waals surface area contributed by atoms with Crippen molar-refractivity contribution in [3.8, 4) is 11.3 Å². The van der Waals surface area contributed by atoms with Gasteiger partial charge in [0.15, 0.2) is 0 Å². The highest BCUT2D eigenvalue weighted by atomic mass is 79.9. The number of halogens is 4. The van der Waals surface area contributed by atoms with Gasteiger partial charge in [0.05, 0.1) is 11.2 Å². The monoisotopic (exact) mass is 562 g/mol. The van der Waals surface area contributed by atoms with Gasteiger partial charge >= 0.3 is 0 Å². The van der Waals surface area contributed by atoms with Crippen LogP contribution in [0.15, 0.2) is 76.3 Å². The highest BCUT2D eigenvalue weighted by Crippen LogP contribution is 2.36. The summed E-state index contributed by atoms with van der Waals surface area (Å²) in [6, 6.07) is 18.5. The van der Waals surface area contributed by atoms with Gasteiger partial charge < -0.3 is 5.32 Å². The van der Waals surface area contributed by atoms with Crippen molar-refractivity contribution in [1.29, 1.82) is 0 Å². The first-order valence-electron chi connectivity index (χ1n) is 9.47. The van der Waals surface area contributed by atoms with Crippen molar-refractivity contribution in [2.24, 2.45) is 5.10 Å². The van der Waals surface area contributed by atoms with E-state index in [0.29, 0.717) is 26.4 Å². The average molecular weight is 564 g/mol. The summed E-state index contributed by atoms with van der Waals surface area (Å²) in [5.41, 5.74) is 4.74. The summed E-state index contributed by atoms with van der Waals surface area (Å²) in [7, 11) is 0. The van der Waals surface area contributed by atoms with Gasteiger partial charge in [-0.1, -0.05) is 68.7 Å². The van der Waals surface area contributed by atoms with Crippen LogP contribution in [0.2, 0.25) is 10.0 Å². The average Bonchev–Trinajstić information content (AvgIpc) is 3.19. The van der Waals surface area contributed by atoms with Crippen LogP contribution in [0, 0.1) is 5.82 Å². The number of hydrazone groups is 1. The van der Waals surface area contributed by atoms with Crippen LogP contribution in [0.1, 0.15) is 15.9 Å². The number of hydrogen-bond acceptors (Lipinski definition) is 5. The molecule has 0 unspecified atom stereocenters. The Morgan fingerprint density at radius 2 is 1.79 bits per heavy atom. The number of thiazole rings is 1. The lowest BCUT2D eigenvalue weighted by Gasteiger charge is -2.06. The van der Waals surface area contributed by atoms with Gasteiger partial charge in [0.1, 0.15) is 16.5 Å². The lowest BCUT2D eigenvalue weighted by Crippen LogP contribution is -2.11. The van der Waals surface area contributed by atoms with E-state index in [0.717, 1.165) is 10.0 Å². The van der Waals surface area contributed by atoms with Gasteiger partial charge in [-0.3, -0.25) is 10.2 Å². The van der Waals surface area contributed by atoms with E-state index in [1.807, 2.05) is 0 Å². The maximum Gasteiger partial charge on any atom is 0.256 e. The number of rotatable bonds is 6. The summed E-state index contributed by atoms with van der Waals surface area (Å²) >= 11 is 16.6. The van der Waals surface area contributed by atoms with Gasteiger partial charge in [-0.15, -0.1) is 0 Å². The van der Waals surface area contributed by atoms with E-state index in [4.69, 9.17) is 23.2 Å². The van der Waals surface area contributed by atoms with Crippen molar-refractivity contribution in [2.45, 2.75) is 0 Å². The Bertz CT molecular complexity index is 1310. The molecule has 0 radical (unpaired) electrons. The number of carbonyl (C=O) groups is 1. The fraction of sp³-hybridized carbons (Fsp3) is 0. The number of nitrogens with one attached hydrogen (secondary N) is 2. The van der Waals surface area contributed by atoms with E-state index >= 15 is 0 Å². The molecule has 0 atom stereocenters. The Hall–Kier alpha value is -2.78. The smallest absolute Gasteiger partial charge is 0.256 e. The Balaban J connectivity index is 1.62. The van der Waals surface area contributed by atoms with E-state index in [9.17, 15) is 9.18 Å². The van der Waals surface area contributed by atoms with Crippen molar-refractivity contribution in [1.82, 2.24) is 4.98 Å². The Kier molecular flexibility index (Phi) is 7.39. The number of amides is 1. The lowest BCUT2D eigenvalue weighted by atomic mass is 10.1. The van der Waals surface area contributed by atoms with Crippen molar-refractivity contribution in [2.75, 3.05) is 10.7 Å². The molecule has 1 amide bonds. The largest absolute Gasteiger partial charge is 0.312 e. The van der Waals surface area contributed by atoms with Gasteiger partial charge in [0.25, 0.3) is 5.91 Å². The second-order valence-corrected chi connectivity index (χ2v) is 9.43. The molecule has 0 bridgehead atoms. The van der Waals surface area contributed by atoms with E-state index in [1.54, 1.807) is 54.6 Å². The second-order valence-electron chi connectivity index (χ2n) is 6.67. The number of benzene rings is 3. The highest BCUT2D eigenvalue weighted by molar-refractivity contribution is 9.10. The first-order chi connectivity index (χ1) is 15.9. The molecule has 4 aromatic rings. The minimum Gasteiger partial charge on any atom is -0.312 e. The molecule has 33 heavy (non-hydrogen) atoms. The molecule has 0 fully saturated rings. The van der Waals surface area contributed by atoms with Crippen molar-refractivity contribution >= 4 is 72.7 Å². The van der Waals surface area contributed by atoms with Crippen LogP contribution in [0.5, 0.6) is 0 Å². The molecule has 0 aliphatic heterocycles. The SMILES string of the molecule is O=C(Nc1sc(N/N=C/c2c(F)cccc2Cl)nc1-c1ccc(Cl)cc1)c1ccc(Br)cc1. The van der Waals surface area contributed by atoms with E-state index in [2.05, 4.69) is 36.8 Å². The lowest BCUT2D eigenvalue weighted by molar-refractivity contribution is 0.102.